The Hall–Kier alpha value is -4.18. The number of hydrogen-bond acceptors (Lipinski definition) is 8. The summed E-state index contributed by atoms with van der Waals surface area (Å²) in [6.07, 6.45) is 1.89. The second-order valence-electron chi connectivity index (χ2n) is 9.36. The Kier molecular flexibility index (Phi) is 6.91. The monoisotopic (exact) mass is 502 g/mol. The quantitative estimate of drug-likeness (QED) is 0.313. The van der Waals surface area contributed by atoms with E-state index in [1.165, 1.54) is 0 Å². The van der Waals surface area contributed by atoms with Gasteiger partial charge in [-0.2, -0.15) is 0 Å². The molecule has 3 aromatic rings. The molecule has 1 aromatic carbocycles. The second-order valence-corrected chi connectivity index (χ2v) is 9.36. The first kappa shape index (κ1) is 24.5. The number of carbonyl (C=O) groups is 1. The topological polar surface area (TPSA) is 141 Å². The molecule has 0 aliphatic carbocycles. The average molecular weight is 503 g/mol. The first-order valence-corrected chi connectivity index (χ1v) is 12.4. The molecule has 0 saturated carbocycles. The van der Waals surface area contributed by atoms with Crippen LogP contribution in [0, 0.1) is 5.41 Å². The van der Waals surface area contributed by atoms with E-state index in [9.17, 15) is 9.59 Å². The van der Waals surface area contributed by atoms with Gasteiger partial charge in [0.15, 0.2) is 11.5 Å². The number of rotatable bonds is 7. The maximum Gasteiger partial charge on any atom is 0.253 e. The Labute approximate surface area is 214 Å². The number of anilines is 1. The molecule has 2 aliphatic rings. The van der Waals surface area contributed by atoms with Crippen molar-refractivity contribution < 1.29 is 14.3 Å². The lowest BCUT2D eigenvalue weighted by atomic mass is 10.0. The minimum atomic E-state index is -0.401. The summed E-state index contributed by atoms with van der Waals surface area (Å²) in [6.45, 7) is 6.45. The van der Waals surface area contributed by atoms with Gasteiger partial charge in [0.25, 0.3) is 11.5 Å². The molecular formula is C27H30N6O4. The zero-order valence-corrected chi connectivity index (χ0v) is 20.9. The van der Waals surface area contributed by atoms with Crippen LogP contribution in [-0.4, -0.2) is 47.9 Å². The summed E-state index contributed by atoms with van der Waals surface area (Å²) < 4.78 is 11.3. The third-order valence-corrected chi connectivity index (χ3v) is 6.31. The number of hydrogen-bond donors (Lipinski definition) is 5. The summed E-state index contributed by atoms with van der Waals surface area (Å²) in [4.78, 5) is 33.7. The molecule has 0 radical (unpaired) electrons. The van der Waals surface area contributed by atoms with Crippen LogP contribution in [-0.2, 0) is 19.5 Å². The van der Waals surface area contributed by atoms with E-state index in [-0.39, 0.29) is 23.7 Å². The zero-order chi connectivity index (χ0) is 25.9. The van der Waals surface area contributed by atoms with Crippen molar-refractivity contribution in [3.63, 3.8) is 0 Å². The van der Waals surface area contributed by atoms with Crippen molar-refractivity contribution in [1.29, 1.82) is 5.41 Å². The summed E-state index contributed by atoms with van der Waals surface area (Å²) in [7, 11) is 0. The first-order chi connectivity index (χ1) is 17.9. The van der Waals surface area contributed by atoms with Gasteiger partial charge in [-0.25, -0.2) is 4.98 Å². The molecule has 5 rings (SSSR count). The zero-order valence-electron chi connectivity index (χ0n) is 20.9. The third kappa shape index (κ3) is 5.19. The molecule has 10 nitrogen and oxygen atoms in total. The fourth-order valence-electron chi connectivity index (χ4n) is 4.50. The maximum absolute atomic E-state index is 13.4. The Balaban J connectivity index is 1.48. The fraction of sp³-hybridized carbons (Fsp3) is 0.333. The van der Waals surface area contributed by atoms with Crippen LogP contribution in [0.15, 0.2) is 35.1 Å². The molecule has 5 N–H and O–H groups in total. The van der Waals surface area contributed by atoms with Crippen LogP contribution in [0.3, 0.4) is 0 Å². The summed E-state index contributed by atoms with van der Waals surface area (Å²) in [5, 5.41) is 17.4. The third-order valence-electron chi connectivity index (χ3n) is 6.31. The molecule has 2 aromatic heterocycles. The molecule has 0 saturated heterocycles. The predicted octanol–water partition coefficient (Wildman–Crippen LogP) is 2.60. The highest BCUT2D eigenvalue weighted by molar-refractivity contribution is 6.05. The lowest BCUT2D eigenvalue weighted by molar-refractivity contribution is 0.0950. The van der Waals surface area contributed by atoms with Gasteiger partial charge in [0.2, 0.25) is 0 Å². The SMILES string of the molecule is CC(C)Nc1nc(-c2ccc3c(c2)OCCO3)cc(C(=O)NCc2cc3c([nH]c2=O)CCNC3)c1C=N. The molecule has 0 bridgehead atoms. The van der Waals surface area contributed by atoms with Crippen molar-refractivity contribution in [1.82, 2.24) is 20.6 Å². The van der Waals surface area contributed by atoms with Crippen LogP contribution in [0.4, 0.5) is 5.82 Å². The average Bonchev–Trinajstić information content (AvgIpc) is 2.90. The van der Waals surface area contributed by atoms with Crippen molar-refractivity contribution in [3.05, 3.63) is 68.6 Å². The normalized spacial score (nSPS) is 14.1. The molecule has 1 amide bonds. The number of fused-ring (bicyclic) bond motifs is 2. The van der Waals surface area contributed by atoms with Gasteiger partial charge in [-0.3, -0.25) is 9.59 Å². The number of H-pyrrole nitrogens is 1. The summed E-state index contributed by atoms with van der Waals surface area (Å²) in [5.41, 5.74) is 4.20. The summed E-state index contributed by atoms with van der Waals surface area (Å²) in [6, 6.07) is 9.05. The van der Waals surface area contributed by atoms with Crippen molar-refractivity contribution in [2.24, 2.45) is 0 Å². The summed E-state index contributed by atoms with van der Waals surface area (Å²) >= 11 is 0. The molecule has 2 aliphatic heterocycles. The van der Waals surface area contributed by atoms with E-state index in [1.807, 2.05) is 38.1 Å². The maximum atomic E-state index is 13.4. The standard InChI is InChI=1S/C27H30N6O4/c1-15(2)31-25-20(12-28)19(11-22(32-25)16-3-4-23-24(10-16)37-8-7-36-23)27(35)30-14-18-9-17-13-29-6-5-21(17)33-26(18)34/h3-4,9-12,15,28-29H,5-8,13-14H2,1-2H3,(H,30,35)(H,31,32)(H,33,34). The molecule has 0 atom stereocenters. The fourth-order valence-corrected chi connectivity index (χ4v) is 4.50. The van der Waals surface area contributed by atoms with E-state index in [1.54, 1.807) is 6.07 Å². The number of aromatic nitrogens is 2. The Morgan fingerprint density at radius 2 is 2.00 bits per heavy atom. The van der Waals surface area contributed by atoms with Gasteiger partial charge in [0.05, 0.1) is 11.3 Å². The minimum absolute atomic E-state index is 0.0280. The van der Waals surface area contributed by atoms with Crippen LogP contribution in [0.25, 0.3) is 11.3 Å². The van der Waals surface area contributed by atoms with Gasteiger partial charge < -0.3 is 35.8 Å². The van der Waals surface area contributed by atoms with E-state index in [0.29, 0.717) is 53.9 Å². The lowest BCUT2D eigenvalue weighted by Crippen LogP contribution is -2.31. The minimum Gasteiger partial charge on any atom is -0.486 e. The molecular weight excluding hydrogens is 472 g/mol. The highest BCUT2D eigenvalue weighted by atomic mass is 16.6. The van der Waals surface area contributed by atoms with E-state index in [4.69, 9.17) is 19.9 Å². The van der Waals surface area contributed by atoms with E-state index in [0.717, 1.165) is 36.0 Å². The molecule has 0 fully saturated rings. The smallest absolute Gasteiger partial charge is 0.253 e. The molecule has 10 heteroatoms. The van der Waals surface area contributed by atoms with Crippen molar-refractivity contribution in [2.75, 3.05) is 25.1 Å². The number of amides is 1. The molecule has 192 valence electrons. The number of pyridine rings is 2. The van der Waals surface area contributed by atoms with Crippen LogP contribution in [0.5, 0.6) is 11.5 Å². The van der Waals surface area contributed by atoms with Crippen LogP contribution >= 0.6 is 0 Å². The number of nitrogens with one attached hydrogen (secondary N) is 5. The number of aromatic amines is 1. The first-order valence-electron chi connectivity index (χ1n) is 12.4. The highest BCUT2D eigenvalue weighted by Crippen LogP contribution is 2.35. The van der Waals surface area contributed by atoms with E-state index in [2.05, 4.69) is 20.9 Å². The predicted molar refractivity (Wildman–Crippen MR) is 141 cm³/mol. The van der Waals surface area contributed by atoms with Crippen LogP contribution in [0.1, 0.15) is 46.6 Å². The molecule has 37 heavy (non-hydrogen) atoms. The number of carbonyl (C=O) groups excluding carboxylic acids is 1. The molecule has 0 unspecified atom stereocenters. The van der Waals surface area contributed by atoms with Crippen molar-refractivity contribution in [3.8, 4) is 22.8 Å². The molecule has 0 spiro atoms. The van der Waals surface area contributed by atoms with Gasteiger partial charge >= 0.3 is 0 Å². The van der Waals surface area contributed by atoms with Gasteiger partial charge in [0, 0.05) is 60.7 Å². The van der Waals surface area contributed by atoms with Crippen LogP contribution < -0.4 is 31.0 Å². The Bertz CT molecular complexity index is 1410. The van der Waals surface area contributed by atoms with Crippen molar-refractivity contribution in [2.45, 2.75) is 39.4 Å². The van der Waals surface area contributed by atoms with Gasteiger partial charge in [-0.15, -0.1) is 0 Å². The Morgan fingerprint density at radius 3 is 2.78 bits per heavy atom. The summed E-state index contributed by atoms with van der Waals surface area (Å²) in [5.74, 6) is 1.31. The lowest BCUT2D eigenvalue weighted by Gasteiger charge is -2.20. The number of ether oxygens (including phenoxy) is 2. The largest absolute Gasteiger partial charge is 0.486 e. The van der Waals surface area contributed by atoms with E-state index < -0.39 is 5.91 Å². The number of nitrogens with zero attached hydrogens (tertiary/aromatic N) is 1. The van der Waals surface area contributed by atoms with Gasteiger partial charge in [-0.1, -0.05) is 0 Å². The van der Waals surface area contributed by atoms with Gasteiger partial charge in [0.1, 0.15) is 19.0 Å². The van der Waals surface area contributed by atoms with Crippen molar-refractivity contribution >= 4 is 17.9 Å². The van der Waals surface area contributed by atoms with Crippen LogP contribution in [0.2, 0.25) is 0 Å². The van der Waals surface area contributed by atoms with Gasteiger partial charge in [-0.05, 0) is 49.7 Å². The number of benzene rings is 1. The van der Waals surface area contributed by atoms with E-state index >= 15 is 0 Å². The highest BCUT2D eigenvalue weighted by Gasteiger charge is 2.21. The second kappa shape index (κ2) is 10.4. The Morgan fingerprint density at radius 1 is 1.19 bits per heavy atom. The molecule has 4 heterocycles.